The highest BCUT2D eigenvalue weighted by Gasteiger charge is 2.51. The Balaban J connectivity index is 0.946. The van der Waals surface area contributed by atoms with Gasteiger partial charge in [-0.25, -0.2) is 4.98 Å². The number of thiocarbonyl (C=S) groups is 1. The highest BCUT2D eigenvalue weighted by atomic mass is 32.1. The van der Waals surface area contributed by atoms with Gasteiger partial charge >= 0.3 is 6.18 Å². The van der Waals surface area contributed by atoms with Crippen LogP contribution in [0.15, 0.2) is 54.7 Å². The lowest BCUT2D eigenvalue weighted by molar-refractivity contribution is -0.138. The van der Waals surface area contributed by atoms with Gasteiger partial charge in [0.05, 0.1) is 41.3 Å². The van der Waals surface area contributed by atoms with E-state index in [1.807, 2.05) is 30.3 Å². The van der Waals surface area contributed by atoms with Crippen LogP contribution in [0.2, 0.25) is 0 Å². The molecule has 1 aromatic heterocycles. The summed E-state index contributed by atoms with van der Waals surface area (Å²) >= 11 is 5.74. The largest absolute Gasteiger partial charge is 0.476 e. The SMILES string of the molecule is C[C@@H]1CN(CCOc2ncc(N3C(=S)N(c4ccc(C#N)c(C(F)(F)F)c4)C(=O)C3(C)C)cc2C2CC2)C[C@H](C)N1CC(=O)Cc1cccc(CC2CCC(=O)NC2=O)c1. The molecule has 12 nitrogen and oxygen atoms in total. The van der Waals surface area contributed by atoms with Gasteiger partial charge in [0.25, 0.3) is 5.91 Å². The minimum Gasteiger partial charge on any atom is -0.476 e. The summed E-state index contributed by atoms with van der Waals surface area (Å²) in [6.07, 6.45) is 0.331. The molecule has 7 rings (SSSR count). The summed E-state index contributed by atoms with van der Waals surface area (Å²) in [6, 6.07) is 14.6. The lowest BCUT2D eigenvalue weighted by atomic mass is 9.90. The van der Waals surface area contributed by atoms with Crippen LogP contribution in [-0.2, 0) is 38.2 Å². The minimum atomic E-state index is -4.80. The van der Waals surface area contributed by atoms with Crippen LogP contribution in [-0.4, -0.2) is 93.8 Å². The molecule has 4 fully saturated rings. The van der Waals surface area contributed by atoms with Gasteiger partial charge in [-0.1, -0.05) is 24.3 Å². The number of ketones is 1. The number of benzene rings is 2. The molecular formula is C44H48F3N7O5S. The standard InChI is InChI=1S/C44H48F3N7O5S/c1-26-23-51(24-27(2)52(26)25-35(55)18-29-7-5-6-28(16-29)17-31-11-13-38(56)50-39(31)57)14-15-59-40-36(30-8-9-30)19-34(22-49-40)54-42(60)53(41(58)43(54,3)4)33-12-10-32(21-48)37(20-33)44(45,46)47/h5-7,10,12,16,19-20,22,26-27,30-31H,8-9,11,13-15,17-18,23-25H2,1-4H3,(H,50,56,57)/t26-,27+,31?. The number of nitrogens with one attached hydrogen (secondary N) is 1. The Morgan fingerprint density at radius 1 is 1.02 bits per heavy atom. The average Bonchev–Trinajstić information content (AvgIpc) is 4.01. The van der Waals surface area contributed by atoms with E-state index in [1.54, 1.807) is 31.0 Å². The highest BCUT2D eigenvalue weighted by molar-refractivity contribution is 7.81. The monoisotopic (exact) mass is 843 g/mol. The first-order valence-corrected chi connectivity index (χ1v) is 20.7. The molecule has 1 unspecified atom stereocenters. The number of hydrogen-bond donors (Lipinski definition) is 1. The van der Waals surface area contributed by atoms with Crippen molar-refractivity contribution in [3.63, 3.8) is 0 Å². The third-order valence-corrected chi connectivity index (χ3v) is 12.3. The summed E-state index contributed by atoms with van der Waals surface area (Å²) in [5.74, 6) is -0.429. The van der Waals surface area contributed by atoms with Crippen molar-refractivity contribution in [2.75, 3.05) is 42.6 Å². The molecular weight excluding hydrogens is 796 g/mol. The van der Waals surface area contributed by atoms with Crippen molar-refractivity contribution in [3.8, 4) is 11.9 Å². The van der Waals surface area contributed by atoms with E-state index >= 15 is 0 Å². The van der Waals surface area contributed by atoms with Crippen molar-refractivity contribution in [2.45, 2.75) is 95.9 Å². The second kappa shape index (κ2) is 17.0. The number of carbonyl (C=O) groups excluding carboxylic acids is 4. The molecule has 3 atom stereocenters. The normalized spacial score (nSPS) is 22.5. The van der Waals surface area contributed by atoms with E-state index in [1.165, 1.54) is 6.07 Å². The molecule has 3 amide bonds. The van der Waals surface area contributed by atoms with Crippen LogP contribution in [0.3, 0.4) is 0 Å². The quantitative estimate of drug-likeness (QED) is 0.162. The molecule has 16 heteroatoms. The summed E-state index contributed by atoms with van der Waals surface area (Å²) < 4.78 is 47.8. The summed E-state index contributed by atoms with van der Waals surface area (Å²) in [5.41, 5.74) is 0.251. The Labute approximate surface area is 352 Å². The Kier molecular flexibility index (Phi) is 12.2. The van der Waals surface area contributed by atoms with Gasteiger partial charge in [-0.15, -0.1) is 0 Å². The maximum Gasteiger partial charge on any atom is 0.417 e. The number of halogens is 3. The Morgan fingerprint density at radius 2 is 1.73 bits per heavy atom. The number of ether oxygens (including phenoxy) is 1. The van der Waals surface area contributed by atoms with Crippen LogP contribution < -0.4 is 19.9 Å². The van der Waals surface area contributed by atoms with Gasteiger partial charge in [0.1, 0.15) is 12.1 Å². The number of imide groups is 1. The van der Waals surface area contributed by atoms with Gasteiger partial charge in [0, 0.05) is 56.0 Å². The van der Waals surface area contributed by atoms with E-state index in [-0.39, 0.29) is 52.3 Å². The second-order valence-corrected chi connectivity index (χ2v) is 17.3. The number of pyridine rings is 1. The zero-order chi connectivity index (χ0) is 43.1. The van der Waals surface area contributed by atoms with E-state index in [4.69, 9.17) is 17.0 Å². The van der Waals surface area contributed by atoms with Crippen molar-refractivity contribution in [1.82, 2.24) is 20.1 Å². The van der Waals surface area contributed by atoms with Gasteiger partial charge in [-0.3, -0.25) is 39.2 Å². The van der Waals surface area contributed by atoms with Gasteiger partial charge in [-0.05, 0) is 107 Å². The molecule has 1 N–H and O–H groups in total. The molecule has 2 aromatic carbocycles. The van der Waals surface area contributed by atoms with E-state index in [9.17, 15) is 37.6 Å². The van der Waals surface area contributed by atoms with Crippen LogP contribution in [0.1, 0.15) is 87.1 Å². The lowest BCUT2D eigenvalue weighted by Crippen LogP contribution is -2.58. The summed E-state index contributed by atoms with van der Waals surface area (Å²) in [6.45, 7) is 10.4. The molecule has 3 aromatic rings. The number of anilines is 2. The molecule has 3 aliphatic heterocycles. The molecule has 0 radical (unpaired) electrons. The van der Waals surface area contributed by atoms with Crippen molar-refractivity contribution in [2.24, 2.45) is 5.92 Å². The van der Waals surface area contributed by atoms with E-state index < -0.39 is 28.7 Å². The first-order valence-electron chi connectivity index (χ1n) is 20.3. The number of nitriles is 1. The maximum absolute atomic E-state index is 13.8. The Morgan fingerprint density at radius 3 is 2.40 bits per heavy atom. The van der Waals surface area contributed by atoms with E-state index in [2.05, 4.69) is 33.9 Å². The molecule has 4 aliphatic rings. The zero-order valence-electron chi connectivity index (χ0n) is 34.1. The molecule has 0 spiro atoms. The number of aromatic nitrogens is 1. The third-order valence-electron chi connectivity index (χ3n) is 11.9. The van der Waals surface area contributed by atoms with Gasteiger partial charge in [-0.2, -0.15) is 18.4 Å². The number of rotatable bonds is 13. The fourth-order valence-corrected chi connectivity index (χ4v) is 9.17. The van der Waals surface area contributed by atoms with Crippen LogP contribution in [0.25, 0.3) is 0 Å². The fourth-order valence-electron chi connectivity index (χ4n) is 8.65. The predicted molar refractivity (Wildman–Crippen MR) is 221 cm³/mol. The summed E-state index contributed by atoms with van der Waals surface area (Å²) in [4.78, 5) is 62.8. The smallest absolute Gasteiger partial charge is 0.417 e. The Bertz CT molecular complexity index is 2240. The number of carbonyl (C=O) groups is 4. The van der Waals surface area contributed by atoms with Crippen LogP contribution in [0.4, 0.5) is 24.5 Å². The van der Waals surface area contributed by atoms with Crippen molar-refractivity contribution in [1.29, 1.82) is 5.26 Å². The molecule has 1 aliphatic carbocycles. The number of piperidine rings is 1. The molecule has 4 heterocycles. The molecule has 60 heavy (non-hydrogen) atoms. The van der Waals surface area contributed by atoms with Crippen LogP contribution >= 0.6 is 12.2 Å². The number of hydrogen-bond acceptors (Lipinski definition) is 10. The molecule has 316 valence electrons. The molecule has 0 bridgehead atoms. The fraction of sp³-hybridized carbons (Fsp3) is 0.477. The summed E-state index contributed by atoms with van der Waals surface area (Å²) in [7, 11) is 0. The number of nitrogens with zero attached hydrogens (tertiary/aromatic N) is 6. The van der Waals surface area contributed by atoms with Crippen molar-refractivity contribution < 1.29 is 37.1 Å². The number of Topliss-reactive ketones (excluding diaryl/α,β-unsaturated/α-hetero) is 1. The van der Waals surface area contributed by atoms with Crippen molar-refractivity contribution >= 4 is 52.2 Å². The maximum atomic E-state index is 13.8. The van der Waals surface area contributed by atoms with Gasteiger partial charge < -0.3 is 9.64 Å². The Hall–Kier alpha value is -5.24. The lowest BCUT2D eigenvalue weighted by Gasteiger charge is -2.44. The number of alkyl halides is 3. The van der Waals surface area contributed by atoms with E-state index in [0.717, 1.165) is 59.7 Å². The molecule has 1 saturated carbocycles. The highest BCUT2D eigenvalue weighted by Crippen LogP contribution is 2.46. The second-order valence-electron chi connectivity index (χ2n) is 16.9. The first kappa shape index (κ1) is 42.9. The van der Waals surface area contributed by atoms with Gasteiger partial charge in [0.15, 0.2) is 10.9 Å². The van der Waals surface area contributed by atoms with Gasteiger partial charge in [0.2, 0.25) is 17.7 Å². The number of amides is 3. The summed E-state index contributed by atoms with van der Waals surface area (Å²) in [5, 5.41) is 11.7. The number of piperazine rings is 1. The third kappa shape index (κ3) is 9.08. The zero-order valence-corrected chi connectivity index (χ0v) is 34.9. The topological polar surface area (TPSA) is 139 Å². The van der Waals surface area contributed by atoms with Crippen LogP contribution in [0.5, 0.6) is 5.88 Å². The molecule has 3 saturated heterocycles. The minimum absolute atomic E-state index is 0.000338. The van der Waals surface area contributed by atoms with Crippen molar-refractivity contribution in [3.05, 3.63) is 82.5 Å². The average molecular weight is 844 g/mol. The van der Waals surface area contributed by atoms with Crippen LogP contribution in [0, 0.1) is 17.2 Å². The first-order chi connectivity index (χ1) is 28.4. The van der Waals surface area contributed by atoms with E-state index in [0.29, 0.717) is 56.9 Å². The predicted octanol–water partition coefficient (Wildman–Crippen LogP) is 5.95.